The van der Waals surface area contributed by atoms with E-state index in [9.17, 15) is 19.2 Å². The molecule has 2 N–H and O–H groups in total. The molecule has 1 aromatic heterocycles. The fraction of sp³-hybridized carbons (Fsp3) is 0.579. The van der Waals surface area contributed by atoms with Crippen LogP contribution in [0.1, 0.15) is 36.1 Å². The number of carbonyl (C=O) groups is 4. The third-order valence-corrected chi connectivity index (χ3v) is 6.31. The van der Waals surface area contributed by atoms with Crippen molar-refractivity contribution in [2.75, 3.05) is 26.7 Å². The van der Waals surface area contributed by atoms with E-state index in [2.05, 4.69) is 10.6 Å². The molecule has 1 fully saturated rings. The SMILES string of the molecule is CNC(=O)C1CCCN1C(=O)CNC(=O)CCC(=O)N1CCc2sccc2C1. The van der Waals surface area contributed by atoms with E-state index in [0.717, 1.165) is 12.8 Å². The van der Waals surface area contributed by atoms with E-state index in [1.54, 1.807) is 23.3 Å². The lowest BCUT2D eigenvalue weighted by Crippen LogP contribution is -2.48. The van der Waals surface area contributed by atoms with Crippen molar-refractivity contribution in [3.05, 3.63) is 21.9 Å². The van der Waals surface area contributed by atoms with Crippen LogP contribution >= 0.6 is 11.3 Å². The van der Waals surface area contributed by atoms with Crippen LogP contribution in [0.4, 0.5) is 0 Å². The topological polar surface area (TPSA) is 98.8 Å². The molecule has 0 saturated carbocycles. The molecule has 1 atom stereocenters. The average molecular weight is 407 g/mol. The standard InChI is InChI=1S/C19H26N4O4S/c1-20-19(27)14-3-2-8-23(14)18(26)11-21-16(24)4-5-17(25)22-9-6-15-13(12-22)7-10-28-15/h7,10,14H,2-6,8-9,11-12H2,1H3,(H,20,27)(H,21,24). The number of likely N-dealkylation sites (tertiary alicyclic amines) is 1. The lowest BCUT2D eigenvalue weighted by atomic mass is 10.1. The lowest BCUT2D eigenvalue weighted by Gasteiger charge is -2.27. The summed E-state index contributed by atoms with van der Waals surface area (Å²) in [6.07, 6.45) is 2.45. The van der Waals surface area contributed by atoms with Crippen molar-refractivity contribution in [3.63, 3.8) is 0 Å². The Morgan fingerprint density at radius 2 is 2.00 bits per heavy atom. The minimum Gasteiger partial charge on any atom is -0.357 e. The van der Waals surface area contributed by atoms with E-state index >= 15 is 0 Å². The van der Waals surface area contributed by atoms with Gasteiger partial charge in [0.15, 0.2) is 0 Å². The molecule has 28 heavy (non-hydrogen) atoms. The normalized spacial score (nSPS) is 18.5. The zero-order chi connectivity index (χ0) is 20.1. The molecule has 2 aliphatic rings. The smallest absolute Gasteiger partial charge is 0.242 e. The largest absolute Gasteiger partial charge is 0.357 e. The molecule has 0 spiro atoms. The highest BCUT2D eigenvalue weighted by Crippen LogP contribution is 2.24. The quantitative estimate of drug-likeness (QED) is 0.708. The Bertz CT molecular complexity index is 763. The Hall–Kier alpha value is -2.42. The highest BCUT2D eigenvalue weighted by Gasteiger charge is 2.33. The molecule has 1 saturated heterocycles. The van der Waals surface area contributed by atoms with Crippen molar-refractivity contribution in [1.82, 2.24) is 20.4 Å². The number of nitrogens with one attached hydrogen (secondary N) is 2. The molecule has 2 aliphatic heterocycles. The average Bonchev–Trinajstić information content (AvgIpc) is 3.38. The third-order valence-electron chi connectivity index (χ3n) is 5.29. The number of fused-ring (bicyclic) bond motifs is 1. The maximum Gasteiger partial charge on any atom is 0.242 e. The predicted molar refractivity (Wildman–Crippen MR) is 104 cm³/mol. The van der Waals surface area contributed by atoms with E-state index in [-0.39, 0.29) is 43.0 Å². The number of carbonyl (C=O) groups excluding carboxylic acids is 4. The number of hydrogen-bond acceptors (Lipinski definition) is 5. The molecule has 0 radical (unpaired) electrons. The van der Waals surface area contributed by atoms with Crippen LogP contribution in [0.3, 0.4) is 0 Å². The van der Waals surface area contributed by atoms with Gasteiger partial charge in [-0.05, 0) is 36.3 Å². The summed E-state index contributed by atoms with van der Waals surface area (Å²) in [7, 11) is 1.55. The molecule has 8 nitrogen and oxygen atoms in total. The van der Waals surface area contributed by atoms with Crippen molar-refractivity contribution in [1.29, 1.82) is 0 Å². The van der Waals surface area contributed by atoms with Gasteiger partial charge in [0.2, 0.25) is 23.6 Å². The second-order valence-electron chi connectivity index (χ2n) is 7.07. The molecule has 0 aliphatic carbocycles. The van der Waals surface area contributed by atoms with Gasteiger partial charge in [0.25, 0.3) is 0 Å². The van der Waals surface area contributed by atoms with Crippen LogP contribution in [0.25, 0.3) is 0 Å². The van der Waals surface area contributed by atoms with Gasteiger partial charge >= 0.3 is 0 Å². The van der Waals surface area contributed by atoms with Gasteiger partial charge in [-0.1, -0.05) is 0 Å². The number of amides is 4. The Balaban J connectivity index is 1.39. The number of hydrogen-bond donors (Lipinski definition) is 2. The van der Waals surface area contributed by atoms with Crippen LogP contribution < -0.4 is 10.6 Å². The molecule has 4 amide bonds. The first-order valence-electron chi connectivity index (χ1n) is 9.60. The zero-order valence-corrected chi connectivity index (χ0v) is 16.8. The summed E-state index contributed by atoms with van der Waals surface area (Å²) < 4.78 is 0. The van der Waals surface area contributed by atoms with Gasteiger partial charge in [0, 0.05) is 44.4 Å². The summed E-state index contributed by atoms with van der Waals surface area (Å²) in [6, 6.07) is 1.58. The van der Waals surface area contributed by atoms with Crippen LogP contribution in [0.15, 0.2) is 11.4 Å². The number of nitrogens with zero attached hydrogens (tertiary/aromatic N) is 2. The fourth-order valence-electron chi connectivity index (χ4n) is 3.71. The molecule has 1 aromatic rings. The Labute approximate surface area is 168 Å². The Morgan fingerprint density at radius 3 is 2.79 bits per heavy atom. The van der Waals surface area contributed by atoms with Gasteiger partial charge in [-0.15, -0.1) is 11.3 Å². The van der Waals surface area contributed by atoms with Crippen LogP contribution in [-0.2, 0) is 32.1 Å². The van der Waals surface area contributed by atoms with Crippen molar-refractivity contribution in [3.8, 4) is 0 Å². The van der Waals surface area contributed by atoms with Gasteiger partial charge < -0.3 is 20.4 Å². The molecule has 3 heterocycles. The van der Waals surface area contributed by atoms with Crippen LogP contribution in [0.5, 0.6) is 0 Å². The Kier molecular flexibility index (Phi) is 6.66. The molecule has 0 aromatic carbocycles. The maximum absolute atomic E-state index is 12.4. The minimum absolute atomic E-state index is 0.0439. The van der Waals surface area contributed by atoms with Crippen LogP contribution in [0, 0.1) is 0 Å². The van der Waals surface area contributed by atoms with Gasteiger partial charge in [-0.2, -0.15) is 0 Å². The van der Waals surface area contributed by atoms with Crippen LogP contribution in [-0.4, -0.2) is 66.2 Å². The summed E-state index contributed by atoms with van der Waals surface area (Å²) in [4.78, 5) is 53.2. The summed E-state index contributed by atoms with van der Waals surface area (Å²) in [5, 5.41) is 7.18. The molecule has 9 heteroatoms. The summed E-state index contributed by atoms with van der Waals surface area (Å²) in [5.74, 6) is -0.826. The summed E-state index contributed by atoms with van der Waals surface area (Å²) >= 11 is 1.72. The van der Waals surface area contributed by atoms with Gasteiger partial charge in [-0.3, -0.25) is 19.2 Å². The Morgan fingerprint density at radius 1 is 1.18 bits per heavy atom. The number of likely N-dealkylation sites (N-methyl/N-ethyl adjacent to an activating group) is 1. The second kappa shape index (κ2) is 9.18. The lowest BCUT2D eigenvalue weighted by molar-refractivity contribution is -0.138. The van der Waals surface area contributed by atoms with E-state index in [4.69, 9.17) is 0 Å². The van der Waals surface area contributed by atoms with Gasteiger partial charge in [-0.25, -0.2) is 0 Å². The van der Waals surface area contributed by atoms with Crippen molar-refractivity contribution >= 4 is 35.0 Å². The van der Waals surface area contributed by atoms with Crippen LogP contribution in [0.2, 0.25) is 0 Å². The van der Waals surface area contributed by atoms with E-state index in [1.165, 1.54) is 15.3 Å². The first-order valence-corrected chi connectivity index (χ1v) is 10.5. The second-order valence-corrected chi connectivity index (χ2v) is 8.07. The van der Waals surface area contributed by atoms with E-state index < -0.39 is 6.04 Å². The highest BCUT2D eigenvalue weighted by molar-refractivity contribution is 7.10. The molecular weight excluding hydrogens is 380 g/mol. The first kappa shape index (κ1) is 20.3. The van der Waals surface area contributed by atoms with E-state index in [0.29, 0.717) is 26.1 Å². The number of rotatable bonds is 6. The maximum atomic E-state index is 12.4. The number of thiophene rings is 1. The fourth-order valence-corrected chi connectivity index (χ4v) is 4.60. The minimum atomic E-state index is -0.461. The molecular formula is C19H26N4O4S. The van der Waals surface area contributed by atoms with E-state index in [1.807, 2.05) is 11.4 Å². The van der Waals surface area contributed by atoms with Crippen molar-refractivity contribution < 1.29 is 19.2 Å². The van der Waals surface area contributed by atoms with Crippen molar-refractivity contribution in [2.45, 2.75) is 44.7 Å². The summed E-state index contributed by atoms with van der Waals surface area (Å²) in [6.45, 7) is 1.66. The predicted octanol–water partition coefficient (Wildman–Crippen LogP) is 0.266. The first-order chi connectivity index (χ1) is 13.5. The molecule has 152 valence electrons. The zero-order valence-electron chi connectivity index (χ0n) is 16.0. The monoisotopic (exact) mass is 406 g/mol. The third kappa shape index (κ3) is 4.70. The molecule has 1 unspecified atom stereocenters. The highest BCUT2D eigenvalue weighted by atomic mass is 32.1. The summed E-state index contributed by atoms with van der Waals surface area (Å²) in [5.41, 5.74) is 1.19. The molecule has 3 rings (SSSR count). The van der Waals surface area contributed by atoms with Gasteiger partial charge in [0.1, 0.15) is 6.04 Å². The molecule has 0 bridgehead atoms. The van der Waals surface area contributed by atoms with Gasteiger partial charge in [0.05, 0.1) is 6.54 Å². The van der Waals surface area contributed by atoms with Crippen molar-refractivity contribution in [2.24, 2.45) is 0 Å².